The van der Waals surface area contributed by atoms with Gasteiger partial charge >= 0.3 is 6.09 Å². The van der Waals surface area contributed by atoms with Crippen LogP contribution in [-0.2, 0) is 4.74 Å². The zero-order chi connectivity index (χ0) is 7.28. The highest BCUT2D eigenvalue weighted by Gasteiger charge is 2.02. The van der Waals surface area contributed by atoms with Gasteiger partial charge in [0.15, 0.2) is 0 Å². The van der Waals surface area contributed by atoms with Gasteiger partial charge in [-0.25, -0.2) is 10.5 Å². The number of rotatable bonds is 3. The van der Waals surface area contributed by atoms with Crippen molar-refractivity contribution in [3.8, 4) is 0 Å². The zero-order valence-electron chi connectivity index (χ0n) is 5.81. The highest BCUT2D eigenvalue weighted by Crippen LogP contribution is 1.99. The number of nitrogens with one attached hydrogen (secondary N) is 1. The van der Waals surface area contributed by atoms with Crippen LogP contribution in [0.1, 0.15) is 26.7 Å². The van der Waals surface area contributed by atoms with Gasteiger partial charge in [0, 0.05) is 0 Å². The standard InChI is InChI=1S/C6H12NO2/c1-3-4-5(2)9-6(7)8/h5,7H,3-4H2,1-2H3. The molecule has 0 aliphatic heterocycles. The predicted molar refractivity (Wildman–Crippen MR) is 33.9 cm³/mol. The van der Waals surface area contributed by atoms with Crippen LogP contribution in [-0.4, -0.2) is 12.2 Å². The van der Waals surface area contributed by atoms with Crippen LogP contribution in [0, 0.1) is 0 Å². The van der Waals surface area contributed by atoms with E-state index < -0.39 is 6.09 Å². The fraction of sp³-hybridized carbons (Fsp3) is 0.833. The maximum absolute atomic E-state index is 9.97. The Morgan fingerprint density at radius 2 is 2.33 bits per heavy atom. The zero-order valence-corrected chi connectivity index (χ0v) is 5.81. The first-order valence-corrected chi connectivity index (χ1v) is 3.09. The van der Waals surface area contributed by atoms with Crippen LogP contribution in [0.5, 0.6) is 0 Å². The van der Waals surface area contributed by atoms with Gasteiger partial charge in [-0.2, -0.15) is 0 Å². The molecule has 0 spiro atoms. The van der Waals surface area contributed by atoms with E-state index in [-0.39, 0.29) is 6.10 Å². The molecule has 1 N–H and O–H groups in total. The molecular weight excluding hydrogens is 118 g/mol. The summed E-state index contributed by atoms with van der Waals surface area (Å²) >= 11 is 0. The minimum Gasteiger partial charge on any atom is -0.445 e. The smallest absolute Gasteiger partial charge is 0.426 e. The second-order valence-electron chi connectivity index (χ2n) is 2.00. The third-order valence-electron chi connectivity index (χ3n) is 1.00. The maximum Gasteiger partial charge on any atom is 0.426 e. The molecule has 0 aromatic heterocycles. The number of carbonyl (C=O) groups excluding carboxylic acids is 1. The fourth-order valence-corrected chi connectivity index (χ4v) is 0.648. The lowest BCUT2D eigenvalue weighted by atomic mass is 10.2. The molecule has 1 radical (unpaired) electrons. The summed E-state index contributed by atoms with van der Waals surface area (Å²) in [6.07, 6.45) is 0.787. The average Bonchev–Trinajstić information content (AvgIpc) is 1.63. The van der Waals surface area contributed by atoms with E-state index in [4.69, 9.17) is 5.73 Å². The van der Waals surface area contributed by atoms with Gasteiger partial charge in [-0.15, -0.1) is 0 Å². The lowest BCUT2D eigenvalue weighted by Gasteiger charge is -2.07. The molecule has 1 amide bonds. The SMILES string of the molecule is CCCC(C)OC([NH])=O. The Morgan fingerprint density at radius 3 is 2.67 bits per heavy atom. The van der Waals surface area contributed by atoms with Gasteiger partial charge in [-0.3, -0.25) is 0 Å². The van der Waals surface area contributed by atoms with Crippen molar-refractivity contribution in [2.45, 2.75) is 32.8 Å². The summed E-state index contributed by atoms with van der Waals surface area (Å²) in [5.41, 5.74) is 6.43. The van der Waals surface area contributed by atoms with Crippen molar-refractivity contribution >= 4 is 6.09 Å². The lowest BCUT2D eigenvalue weighted by molar-refractivity contribution is 0.109. The first kappa shape index (κ1) is 8.27. The minimum absolute atomic E-state index is 0.0972. The van der Waals surface area contributed by atoms with Crippen LogP contribution in [0.15, 0.2) is 0 Å². The second-order valence-corrected chi connectivity index (χ2v) is 2.00. The highest BCUT2D eigenvalue weighted by atomic mass is 16.6. The molecule has 0 aliphatic carbocycles. The third kappa shape index (κ3) is 5.14. The molecule has 1 atom stereocenters. The molecule has 0 fully saturated rings. The molecule has 0 aromatic carbocycles. The van der Waals surface area contributed by atoms with E-state index in [2.05, 4.69) is 4.74 Å². The van der Waals surface area contributed by atoms with Gasteiger partial charge in [0.25, 0.3) is 0 Å². The number of carbonyl (C=O) groups is 1. The van der Waals surface area contributed by atoms with E-state index in [0.29, 0.717) is 0 Å². The van der Waals surface area contributed by atoms with E-state index >= 15 is 0 Å². The van der Waals surface area contributed by atoms with Crippen LogP contribution in [0.2, 0.25) is 0 Å². The fourth-order valence-electron chi connectivity index (χ4n) is 0.648. The summed E-state index contributed by atoms with van der Waals surface area (Å²) in [5.74, 6) is 0. The van der Waals surface area contributed by atoms with Crippen LogP contribution in [0.25, 0.3) is 0 Å². The number of hydrogen-bond acceptors (Lipinski definition) is 2. The molecular formula is C6H12NO2. The summed E-state index contributed by atoms with van der Waals surface area (Å²) in [7, 11) is 0. The predicted octanol–water partition coefficient (Wildman–Crippen LogP) is 1.59. The van der Waals surface area contributed by atoms with Crippen molar-refractivity contribution in [2.24, 2.45) is 0 Å². The van der Waals surface area contributed by atoms with Crippen molar-refractivity contribution in [3.05, 3.63) is 0 Å². The molecule has 0 saturated carbocycles. The lowest BCUT2D eigenvalue weighted by Crippen LogP contribution is -2.13. The Kier molecular flexibility index (Phi) is 3.84. The summed E-state index contributed by atoms with van der Waals surface area (Å²) in [6, 6.07) is 0. The van der Waals surface area contributed by atoms with Gasteiger partial charge in [0.05, 0.1) is 0 Å². The summed E-state index contributed by atoms with van der Waals surface area (Å²) in [5, 5.41) is 0. The third-order valence-corrected chi connectivity index (χ3v) is 1.00. The Labute approximate surface area is 55.2 Å². The van der Waals surface area contributed by atoms with E-state index in [1.807, 2.05) is 6.92 Å². The first-order valence-electron chi connectivity index (χ1n) is 3.09. The van der Waals surface area contributed by atoms with Crippen LogP contribution in [0.4, 0.5) is 4.79 Å². The van der Waals surface area contributed by atoms with Crippen LogP contribution >= 0.6 is 0 Å². The quantitative estimate of drug-likeness (QED) is 0.582. The van der Waals surface area contributed by atoms with Crippen LogP contribution < -0.4 is 5.73 Å². The van der Waals surface area contributed by atoms with Gasteiger partial charge in [-0.1, -0.05) is 13.3 Å². The number of hydrogen-bond donors (Lipinski definition) is 0. The largest absolute Gasteiger partial charge is 0.445 e. The van der Waals surface area contributed by atoms with E-state index in [1.165, 1.54) is 0 Å². The summed E-state index contributed by atoms with van der Waals surface area (Å²) in [4.78, 5) is 9.97. The van der Waals surface area contributed by atoms with Gasteiger partial charge in [0.2, 0.25) is 0 Å². The molecule has 1 unspecified atom stereocenters. The molecule has 0 rings (SSSR count). The monoisotopic (exact) mass is 130 g/mol. The van der Waals surface area contributed by atoms with Crippen molar-refractivity contribution in [2.75, 3.05) is 0 Å². The van der Waals surface area contributed by atoms with E-state index in [0.717, 1.165) is 12.8 Å². The van der Waals surface area contributed by atoms with Crippen LogP contribution in [0.3, 0.4) is 0 Å². The molecule has 53 valence electrons. The number of ether oxygens (including phenoxy) is 1. The molecule has 3 nitrogen and oxygen atoms in total. The second kappa shape index (κ2) is 4.18. The number of amides is 1. The molecule has 0 bridgehead atoms. The highest BCUT2D eigenvalue weighted by molar-refractivity contribution is 5.63. The van der Waals surface area contributed by atoms with Gasteiger partial charge < -0.3 is 4.74 Å². The molecule has 3 heteroatoms. The maximum atomic E-state index is 9.97. The molecule has 0 aromatic rings. The Bertz CT molecular complexity index is 93.1. The van der Waals surface area contributed by atoms with E-state index in [9.17, 15) is 4.79 Å². The first-order chi connectivity index (χ1) is 4.16. The summed E-state index contributed by atoms with van der Waals surface area (Å²) < 4.78 is 4.52. The normalized spacial score (nSPS) is 12.7. The Hall–Kier alpha value is -0.730. The van der Waals surface area contributed by atoms with Gasteiger partial charge in [-0.05, 0) is 13.3 Å². The van der Waals surface area contributed by atoms with Crippen molar-refractivity contribution in [1.29, 1.82) is 0 Å². The molecule has 0 heterocycles. The Balaban J connectivity index is 3.26. The average molecular weight is 130 g/mol. The summed E-state index contributed by atoms with van der Waals surface area (Å²) in [6.45, 7) is 3.80. The topological polar surface area (TPSA) is 50.1 Å². The van der Waals surface area contributed by atoms with Crippen molar-refractivity contribution in [3.63, 3.8) is 0 Å². The minimum atomic E-state index is -0.934. The Morgan fingerprint density at radius 1 is 1.78 bits per heavy atom. The molecule has 0 saturated heterocycles. The van der Waals surface area contributed by atoms with Crippen molar-refractivity contribution < 1.29 is 9.53 Å². The molecule has 9 heavy (non-hydrogen) atoms. The van der Waals surface area contributed by atoms with Gasteiger partial charge in [0.1, 0.15) is 6.10 Å². The van der Waals surface area contributed by atoms with E-state index in [1.54, 1.807) is 6.92 Å². The van der Waals surface area contributed by atoms with Crippen molar-refractivity contribution in [1.82, 2.24) is 5.73 Å². The molecule has 0 aliphatic rings.